The van der Waals surface area contributed by atoms with Gasteiger partial charge in [-0.15, -0.1) is 0 Å². The number of carbonyl (C=O) groups excluding carboxylic acids is 1. The summed E-state index contributed by atoms with van der Waals surface area (Å²) in [4.78, 5) is 13.6. The molecule has 1 rings (SSSR count). The highest BCUT2D eigenvalue weighted by Crippen LogP contribution is 2.11. The van der Waals surface area contributed by atoms with E-state index in [1.807, 2.05) is 4.90 Å². The van der Waals surface area contributed by atoms with Crippen molar-refractivity contribution in [2.45, 2.75) is 51.9 Å². The number of unbranched alkanes of at least 4 members (excludes halogenated alkanes) is 3. The zero-order valence-electron chi connectivity index (χ0n) is 8.72. The van der Waals surface area contributed by atoms with E-state index in [-0.39, 0.29) is 0 Å². The van der Waals surface area contributed by atoms with Gasteiger partial charge in [-0.05, 0) is 19.3 Å². The quantitative estimate of drug-likeness (QED) is 0.600. The van der Waals surface area contributed by atoms with Crippen LogP contribution in [-0.2, 0) is 4.79 Å². The normalized spacial score (nSPS) is 16.5. The Labute approximate surface area is 81.3 Å². The second kappa shape index (κ2) is 6.01. The van der Waals surface area contributed by atoms with Gasteiger partial charge in [0, 0.05) is 19.5 Å². The van der Waals surface area contributed by atoms with Crippen LogP contribution in [0.1, 0.15) is 51.9 Å². The van der Waals surface area contributed by atoms with Crippen molar-refractivity contribution in [3.8, 4) is 0 Å². The summed E-state index contributed by atoms with van der Waals surface area (Å²) < 4.78 is 0. The van der Waals surface area contributed by atoms with Crippen molar-refractivity contribution in [3.05, 3.63) is 0 Å². The highest BCUT2D eigenvalue weighted by atomic mass is 16.2. The lowest BCUT2D eigenvalue weighted by atomic mass is 10.1. The number of carbonyl (C=O) groups is 1. The van der Waals surface area contributed by atoms with E-state index in [0.29, 0.717) is 5.91 Å². The van der Waals surface area contributed by atoms with Crippen LogP contribution in [0.2, 0.25) is 0 Å². The Morgan fingerprint density at radius 2 is 1.85 bits per heavy atom. The second-order valence-electron chi connectivity index (χ2n) is 3.90. The first-order chi connectivity index (χ1) is 6.34. The molecule has 1 fully saturated rings. The van der Waals surface area contributed by atoms with Gasteiger partial charge in [-0.25, -0.2) is 0 Å². The molecule has 0 spiro atoms. The van der Waals surface area contributed by atoms with Crippen molar-refractivity contribution in [2.24, 2.45) is 0 Å². The highest BCUT2D eigenvalue weighted by Gasteiger charge is 2.16. The number of hydrogen-bond donors (Lipinski definition) is 0. The molecule has 13 heavy (non-hydrogen) atoms. The summed E-state index contributed by atoms with van der Waals surface area (Å²) in [5, 5.41) is 0. The Balaban J connectivity index is 2.03. The van der Waals surface area contributed by atoms with Crippen LogP contribution in [-0.4, -0.2) is 23.9 Å². The summed E-state index contributed by atoms with van der Waals surface area (Å²) in [6.07, 6.45) is 8.02. The molecule has 0 radical (unpaired) electrons. The van der Waals surface area contributed by atoms with E-state index in [2.05, 4.69) is 6.92 Å². The van der Waals surface area contributed by atoms with Crippen molar-refractivity contribution in [3.63, 3.8) is 0 Å². The predicted octanol–water partition coefficient (Wildman–Crippen LogP) is 2.58. The number of hydrogen-bond acceptors (Lipinski definition) is 1. The second-order valence-corrected chi connectivity index (χ2v) is 3.90. The molecule has 1 aliphatic rings. The van der Waals surface area contributed by atoms with E-state index in [9.17, 15) is 4.79 Å². The summed E-state index contributed by atoms with van der Waals surface area (Å²) in [6, 6.07) is 0. The average molecular weight is 183 g/mol. The van der Waals surface area contributed by atoms with Crippen LogP contribution in [0.4, 0.5) is 0 Å². The summed E-state index contributed by atoms with van der Waals surface area (Å²) >= 11 is 0. The molecular weight excluding hydrogens is 162 g/mol. The summed E-state index contributed by atoms with van der Waals surface area (Å²) in [5.74, 6) is 0.383. The van der Waals surface area contributed by atoms with Crippen LogP contribution in [0, 0.1) is 0 Å². The number of rotatable bonds is 5. The first-order valence-electron chi connectivity index (χ1n) is 5.62. The lowest BCUT2D eigenvalue weighted by molar-refractivity contribution is -0.130. The van der Waals surface area contributed by atoms with Gasteiger partial charge in [0.2, 0.25) is 5.91 Å². The Bertz CT molecular complexity index is 150. The topological polar surface area (TPSA) is 20.3 Å². The van der Waals surface area contributed by atoms with Crippen LogP contribution < -0.4 is 0 Å². The van der Waals surface area contributed by atoms with Gasteiger partial charge >= 0.3 is 0 Å². The molecule has 2 heteroatoms. The van der Waals surface area contributed by atoms with Gasteiger partial charge in [-0.3, -0.25) is 4.79 Å². The lowest BCUT2D eigenvalue weighted by Crippen LogP contribution is -2.27. The van der Waals surface area contributed by atoms with Gasteiger partial charge in [-0.2, -0.15) is 0 Å². The predicted molar refractivity (Wildman–Crippen MR) is 54.6 cm³/mol. The van der Waals surface area contributed by atoms with Gasteiger partial charge in [0.25, 0.3) is 0 Å². The molecule has 1 amide bonds. The SMILES string of the molecule is CCCCCCC(=O)N1CCCC1. The summed E-state index contributed by atoms with van der Waals surface area (Å²) in [5.41, 5.74) is 0. The largest absolute Gasteiger partial charge is 0.343 e. The minimum atomic E-state index is 0.383. The molecule has 1 heterocycles. The fourth-order valence-corrected chi connectivity index (χ4v) is 1.83. The molecule has 0 bridgehead atoms. The smallest absolute Gasteiger partial charge is 0.222 e. The molecule has 0 aromatic rings. The maximum atomic E-state index is 11.5. The van der Waals surface area contributed by atoms with Gasteiger partial charge in [-0.1, -0.05) is 26.2 Å². The van der Waals surface area contributed by atoms with E-state index in [1.54, 1.807) is 0 Å². The minimum Gasteiger partial charge on any atom is -0.343 e. The Morgan fingerprint density at radius 3 is 2.46 bits per heavy atom. The van der Waals surface area contributed by atoms with Gasteiger partial charge in [0.15, 0.2) is 0 Å². The number of likely N-dealkylation sites (tertiary alicyclic amines) is 1. The Kier molecular flexibility index (Phi) is 4.87. The van der Waals surface area contributed by atoms with Crippen LogP contribution in [0.3, 0.4) is 0 Å². The van der Waals surface area contributed by atoms with E-state index in [0.717, 1.165) is 25.9 Å². The molecule has 0 N–H and O–H groups in total. The molecule has 0 atom stereocenters. The number of nitrogens with zero attached hydrogens (tertiary/aromatic N) is 1. The van der Waals surface area contributed by atoms with Crippen molar-refractivity contribution in [1.29, 1.82) is 0 Å². The van der Waals surface area contributed by atoms with Crippen molar-refractivity contribution >= 4 is 5.91 Å². The van der Waals surface area contributed by atoms with E-state index < -0.39 is 0 Å². The maximum absolute atomic E-state index is 11.5. The van der Waals surface area contributed by atoms with Gasteiger partial charge in [0.1, 0.15) is 0 Å². The molecule has 1 saturated heterocycles. The van der Waals surface area contributed by atoms with Crippen LogP contribution in [0.25, 0.3) is 0 Å². The molecule has 76 valence electrons. The van der Waals surface area contributed by atoms with E-state index >= 15 is 0 Å². The van der Waals surface area contributed by atoms with Crippen molar-refractivity contribution in [2.75, 3.05) is 13.1 Å². The minimum absolute atomic E-state index is 0.383. The molecular formula is C11H21NO. The fourth-order valence-electron chi connectivity index (χ4n) is 1.83. The Hall–Kier alpha value is -0.530. The monoisotopic (exact) mass is 183 g/mol. The molecule has 0 saturated carbocycles. The third kappa shape index (κ3) is 3.79. The zero-order valence-corrected chi connectivity index (χ0v) is 8.72. The van der Waals surface area contributed by atoms with Crippen molar-refractivity contribution in [1.82, 2.24) is 4.90 Å². The first-order valence-corrected chi connectivity index (χ1v) is 5.62. The van der Waals surface area contributed by atoms with Crippen molar-refractivity contribution < 1.29 is 4.79 Å². The van der Waals surface area contributed by atoms with Gasteiger partial charge < -0.3 is 4.90 Å². The molecule has 0 unspecified atom stereocenters. The zero-order chi connectivity index (χ0) is 9.52. The fraction of sp³-hybridized carbons (Fsp3) is 0.909. The van der Waals surface area contributed by atoms with Crippen LogP contribution in [0.15, 0.2) is 0 Å². The third-order valence-corrected chi connectivity index (χ3v) is 2.70. The van der Waals surface area contributed by atoms with Gasteiger partial charge in [0.05, 0.1) is 0 Å². The molecule has 0 aliphatic carbocycles. The van der Waals surface area contributed by atoms with E-state index in [4.69, 9.17) is 0 Å². The van der Waals surface area contributed by atoms with Crippen LogP contribution in [0.5, 0.6) is 0 Å². The van der Waals surface area contributed by atoms with E-state index in [1.165, 1.54) is 32.1 Å². The molecule has 1 aliphatic heterocycles. The Morgan fingerprint density at radius 1 is 1.15 bits per heavy atom. The number of amides is 1. The summed E-state index contributed by atoms with van der Waals surface area (Å²) in [6.45, 7) is 4.21. The lowest BCUT2D eigenvalue weighted by Gasteiger charge is -2.14. The summed E-state index contributed by atoms with van der Waals surface area (Å²) in [7, 11) is 0. The standard InChI is InChI=1S/C11H21NO/c1-2-3-4-5-8-11(13)12-9-6-7-10-12/h2-10H2,1H3. The maximum Gasteiger partial charge on any atom is 0.222 e. The van der Waals surface area contributed by atoms with Crippen LogP contribution >= 0.6 is 0 Å². The third-order valence-electron chi connectivity index (χ3n) is 2.70. The highest BCUT2D eigenvalue weighted by molar-refractivity contribution is 5.76. The first kappa shape index (κ1) is 10.6. The molecule has 2 nitrogen and oxygen atoms in total. The average Bonchev–Trinajstić information content (AvgIpc) is 2.65. The molecule has 0 aromatic carbocycles. The molecule has 0 aromatic heterocycles.